The Morgan fingerprint density at radius 1 is 1.23 bits per heavy atom. The Morgan fingerprint density at radius 2 is 2.10 bits per heavy atom. The van der Waals surface area contributed by atoms with E-state index in [2.05, 4.69) is 32.2 Å². The zero-order valence-corrected chi connectivity index (χ0v) is 16.5. The molecule has 0 saturated heterocycles. The third kappa shape index (κ3) is 2.10. The fraction of sp³-hybridized carbons (Fsp3) is 0.182. The van der Waals surface area contributed by atoms with E-state index in [9.17, 15) is 9.59 Å². The number of hydrogen-bond acceptors (Lipinski definition) is 5. The van der Waals surface area contributed by atoms with Gasteiger partial charge in [-0.25, -0.2) is 9.50 Å². The van der Waals surface area contributed by atoms with Crippen molar-refractivity contribution in [1.82, 2.24) is 24.1 Å². The van der Waals surface area contributed by atoms with Crippen LogP contribution < -0.4 is 5.32 Å². The molecule has 2 aliphatic rings. The Balaban J connectivity index is 1.70. The second-order valence-electron chi connectivity index (χ2n) is 7.74. The minimum atomic E-state index is -0.385. The van der Waals surface area contributed by atoms with E-state index < -0.39 is 0 Å². The van der Waals surface area contributed by atoms with Gasteiger partial charge in [-0.1, -0.05) is 6.07 Å². The standard InChI is InChI=1S/C22H18N6O2/c1-12(29)27-11-16-20(22(27)30)18(13-9-24-28-8-4-7-23-21(13)28)14-10-26(2)17-6-3-5-15(25-16)19(14)17/h3-10,18,25H,11H2,1-2H3/t18-/m1/s1. The van der Waals surface area contributed by atoms with E-state index in [1.54, 1.807) is 16.9 Å². The molecule has 1 aromatic carbocycles. The van der Waals surface area contributed by atoms with Gasteiger partial charge in [0.25, 0.3) is 5.91 Å². The quantitative estimate of drug-likeness (QED) is 0.532. The Morgan fingerprint density at radius 3 is 2.93 bits per heavy atom. The molecule has 2 amide bonds. The molecular weight excluding hydrogens is 380 g/mol. The highest BCUT2D eigenvalue weighted by molar-refractivity contribution is 6.11. The lowest BCUT2D eigenvalue weighted by molar-refractivity contribution is -0.139. The van der Waals surface area contributed by atoms with Crippen molar-refractivity contribution < 1.29 is 9.59 Å². The summed E-state index contributed by atoms with van der Waals surface area (Å²) in [6.07, 6.45) is 7.39. The molecule has 0 unspecified atom stereocenters. The van der Waals surface area contributed by atoms with E-state index in [1.165, 1.54) is 11.8 Å². The molecule has 1 N–H and O–H groups in total. The number of anilines is 1. The van der Waals surface area contributed by atoms with Crippen molar-refractivity contribution in [3.05, 3.63) is 71.4 Å². The van der Waals surface area contributed by atoms with Gasteiger partial charge in [0.1, 0.15) is 0 Å². The van der Waals surface area contributed by atoms with E-state index in [0.717, 1.165) is 33.4 Å². The van der Waals surface area contributed by atoms with Crippen molar-refractivity contribution in [3.8, 4) is 0 Å². The molecule has 8 heteroatoms. The number of nitrogens with zero attached hydrogens (tertiary/aromatic N) is 5. The number of carbonyl (C=O) groups is 2. The maximum absolute atomic E-state index is 13.4. The number of aromatic nitrogens is 4. The first-order valence-corrected chi connectivity index (χ1v) is 9.73. The van der Waals surface area contributed by atoms with Crippen LogP contribution in [0.5, 0.6) is 0 Å². The zero-order valence-electron chi connectivity index (χ0n) is 16.5. The number of imide groups is 1. The first kappa shape index (κ1) is 17.0. The summed E-state index contributed by atoms with van der Waals surface area (Å²) in [6.45, 7) is 1.66. The minimum Gasteiger partial charge on any atom is -0.356 e. The van der Waals surface area contributed by atoms with Crippen LogP contribution in [0.15, 0.2) is 60.3 Å². The third-order valence-corrected chi connectivity index (χ3v) is 6.04. The van der Waals surface area contributed by atoms with Gasteiger partial charge in [0.05, 0.1) is 23.8 Å². The predicted molar refractivity (Wildman–Crippen MR) is 111 cm³/mol. The van der Waals surface area contributed by atoms with Crippen molar-refractivity contribution >= 4 is 34.1 Å². The van der Waals surface area contributed by atoms with Crippen LogP contribution in [0.25, 0.3) is 16.6 Å². The monoisotopic (exact) mass is 398 g/mol. The molecule has 0 radical (unpaired) electrons. The number of fused-ring (bicyclic) bond motifs is 1. The van der Waals surface area contributed by atoms with E-state index in [4.69, 9.17) is 0 Å². The molecule has 0 aliphatic carbocycles. The van der Waals surface area contributed by atoms with Crippen LogP contribution in [0.1, 0.15) is 24.0 Å². The highest BCUT2D eigenvalue weighted by atomic mass is 16.2. The molecule has 2 aliphatic heterocycles. The summed E-state index contributed by atoms with van der Waals surface area (Å²) in [5, 5.41) is 8.98. The van der Waals surface area contributed by atoms with E-state index >= 15 is 0 Å². The maximum Gasteiger partial charge on any atom is 0.259 e. The second kappa shape index (κ2) is 5.79. The maximum atomic E-state index is 13.4. The third-order valence-electron chi connectivity index (χ3n) is 6.04. The number of amides is 2. The summed E-state index contributed by atoms with van der Waals surface area (Å²) in [4.78, 5) is 31.4. The molecule has 148 valence electrons. The lowest BCUT2D eigenvalue weighted by atomic mass is 9.85. The lowest BCUT2D eigenvalue weighted by Gasteiger charge is -2.18. The molecule has 8 nitrogen and oxygen atoms in total. The smallest absolute Gasteiger partial charge is 0.259 e. The van der Waals surface area contributed by atoms with E-state index in [0.29, 0.717) is 11.2 Å². The molecule has 3 aromatic heterocycles. The average Bonchev–Trinajstić information content (AvgIpc) is 3.37. The Labute approximate surface area is 171 Å². The molecule has 0 fully saturated rings. The number of hydrogen-bond donors (Lipinski definition) is 1. The Hall–Kier alpha value is -3.94. The van der Waals surface area contributed by atoms with Crippen LogP contribution in [0.4, 0.5) is 5.69 Å². The van der Waals surface area contributed by atoms with Crippen molar-refractivity contribution in [2.45, 2.75) is 12.8 Å². The number of aryl methyl sites for hydroxylation is 1. The summed E-state index contributed by atoms with van der Waals surface area (Å²) in [6, 6.07) is 7.88. The topological polar surface area (TPSA) is 84.5 Å². The summed E-state index contributed by atoms with van der Waals surface area (Å²) in [5.74, 6) is -0.919. The molecule has 4 aromatic rings. The lowest BCUT2D eigenvalue weighted by Crippen LogP contribution is -2.33. The number of carbonyl (C=O) groups excluding carboxylic acids is 2. The van der Waals surface area contributed by atoms with Crippen LogP contribution in [0.3, 0.4) is 0 Å². The zero-order chi connectivity index (χ0) is 20.6. The summed E-state index contributed by atoms with van der Waals surface area (Å²) in [7, 11) is 2.00. The highest BCUT2D eigenvalue weighted by Crippen LogP contribution is 2.46. The molecule has 0 spiro atoms. The van der Waals surface area contributed by atoms with Crippen molar-refractivity contribution in [3.63, 3.8) is 0 Å². The van der Waals surface area contributed by atoms with Gasteiger partial charge in [0.2, 0.25) is 5.91 Å². The van der Waals surface area contributed by atoms with Crippen molar-refractivity contribution in [1.29, 1.82) is 0 Å². The Kier molecular flexibility index (Phi) is 3.27. The van der Waals surface area contributed by atoms with Crippen molar-refractivity contribution in [2.75, 3.05) is 11.9 Å². The van der Waals surface area contributed by atoms with Crippen LogP contribution >= 0.6 is 0 Å². The highest BCUT2D eigenvalue weighted by Gasteiger charge is 2.42. The number of rotatable bonds is 1. The fourth-order valence-corrected chi connectivity index (χ4v) is 4.74. The summed E-state index contributed by atoms with van der Waals surface area (Å²) < 4.78 is 3.78. The molecule has 0 saturated carbocycles. The van der Waals surface area contributed by atoms with Gasteiger partial charge in [-0.05, 0) is 23.8 Å². The normalized spacial score (nSPS) is 18.1. The second-order valence-corrected chi connectivity index (χ2v) is 7.74. The van der Waals surface area contributed by atoms with Crippen LogP contribution in [-0.2, 0) is 16.6 Å². The summed E-state index contributed by atoms with van der Waals surface area (Å²) >= 11 is 0. The van der Waals surface area contributed by atoms with Crippen LogP contribution in [0.2, 0.25) is 0 Å². The largest absolute Gasteiger partial charge is 0.356 e. The average molecular weight is 398 g/mol. The molecular formula is C22H18N6O2. The predicted octanol–water partition coefficient (Wildman–Crippen LogP) is 2.42. The molecule has 1 atom stereocenters. The molecule has 0 bridgehead atoms. The summed E-state index contributed by atoms with van der Waals surface area (Å²) in [5.41, 5.74) is 5.87. The fourth-order valence-electron chi connectivity index (χ4n) is 4.74. The minimum absolute atomic E-state index is 0.236. The molecule has 5 heterocycles. The van der Waals surface area contributed by atoms with Gasteiger partial charge in [-0.3, -0.25) is 14.5 Å². The van der Waals surface area contributed by atoms with Crippen LogP contribution in [-0.4, -0.2) is 42.4 Å². The van der Waals surface area contributed by atoms with Gasteiger partial charge in [0.15, 0.2) is 5.65 Å². The van der Waals surface area contributed by atoms with Gasteiger partial charge in [-0.2, -0.15) is 5.10 Å². The van der Waals surface area contributed by atoms with Crippen LogP contribution in [0, 0.1) is 0 Å². The van der Waals surface area contributed by atoms with E-state index in [1.807, 2.05) is 31.4 Å². The first-order chi connectivity index (χ1) is 14.5. The van der Waals surface area contributed by atoms with Crippen molar-refractivity contribution in [2.24, 2.45) is 7.05 Å². The molecule has 30 heavy (non-hydrogen) atoms. The SMILES string of the molecule is CC(=O)N1CC2=C(C1=O)[C@H](c1cnn3cccnc13)c1cn(C)c3cccc(c13)N2. The van der Waals surface area contributed by atoms with Gasteiger partial charge in [0, 0.05) is 60.8 Å². The Bertz CT molecular complexity index is 1430. The number of nitrogens with one attached hydrogen (secondary N) is 1. The van der Waals surface area contributed by atoms with E-state index in [-0.39, 0.29) is 24.3 Å². The van der Waals surface area contributed by atoms with Gasteiger partial charge >= 0.3 is 0 Å². The van der Waals surface area contributed by atoms with Gasteiger partial charge in [-0.15, -0.1) is 0 Å². The van der Waals surface area contributed by atoms with Gasteiger partial charge < -0.3 is 9.88 Å². The number of benzene rings is 1. The molecule has 6 rings (SSSR count). The first-order valence-electron chi connectivity index (χ1n) is 9.73.